The number of imidazole rings is 1. The molecule has 0 atom stereocenters. The molecule has 1 saturated heterocycles. The van der Waals surface area contributed by atoms with E-state index >= 15 is 0 Å². The highest BCUT2D eigenvalue weighted by atomic mass is 35.5. The molecule has 6 heteroatoms. The molecule has 3 rings (SSSR count). The topological polar surface area (TPSA) is 35.2 Å². The van der Waals surface area contributed by atoms with Crippen LogP contribution >= 0.6 is 11.6 Å². The van der Waals surface area contributed by atoms with E-state index in [2.05, 4.69) is 19.8 Å². The van der Waals surface area contributed by atoms with Crippen molar-refractivity contribution in [1.82, 2.24) is 14.9 Å². The Morgan fingerprint density at radius 3 is 3.00 bits per heavy atom. The Kier molecular flexibility index (Phi) is 4.08. The van der Waals surface area contributed by atoms with Crippen molar-refractivity contribution in [3.8, 4) is 0 Å². The Hall–Kier alpha value is -1.33. The second-order valence-corrected chi connectivity index (χ2v) is 5.47. The van der Waals surface area contributed by atoms with E-state index in [1.807, 2.05) is 0 Å². The molecule has 1 aliphatic rings. The number of nitrogens with zero attached hydrogens (tertiary/aromatic N) is 3. The smallest absolute Gasteiger partial charge is 0.203 e. The van der Waals surface area contributed by atoms with Crippen molar-refractivity contribution in [2.75, 3.05) is 43.5 Å². The molecule has 2 heterocycles. The second kappa shape index (κ2) is 5.97. The van der Waals surface area contributed by atoms with Crippen LogP contribution in [-0.4, -0.2) is 53.5 Å². The van der Waals surface area contributed by atoms with Crippen molar-refractivity contribution >= 4 is 28.6 Å². The number of H-pyrrole nitrogens is 1. The van der Waals surface area contributed by atoms with E-state index in [0.717, 1.165) is 56.1 Å². The fraction of sp³-hybridized carbons (Fsp3) is 0.500. The number of fused-ring (bicyclic) bond motifs is 1. The molecular weight excluding hydrogens is 279 g/mol. The highest BCUT2D eigenvalue weighted by Gasteiger charge is 2.17. The van der Waals surface area contributed by atoms with E-state index in [0.29, 0.717) is 5.88 Å². The summed E-state index contributed by atoms with van der Waals surface area (Å²) >= 11 is 5.80. The largest absolute Gasteiger partial charge is 0.341 e. The summed E-state index contributed by atoms with van der Waals surface area (Å²) in [5.41, 5.74) is 1.56. The van der Waals surface area contributed by atoms with Crippen LogP contribution in [0.15, 0.2) is 18.2 Å². The normalized spacial score (nSPS) is 17.6. The molecule has 1 N–H and O–H groups in total. The number of halogens is 2. The van der Waals surface area contributed by atoms with Crippen LogP contribution in [0.3, 0.4) is 0 Å². The van der Waals surface area contributed by atoms with Crippen molar-refractivity contribution in [2.45, 2.75) is 6.42 Å². The lowest BCUT2D eigenvalue weighted by Gasteiger charge is -2.20. The van der Waals surface area contributed by atoms with Crippen LogP contribution in [0.5, 0.6) is 0 Å². The van der Waals surface area contributed by atoms with E-state index in [1.165, 1.54) is 12.1 Å². The zero-order valence-electron chi connectivity index (χ0n) is 11.3. The summed E-state index contributed by atoms with van der Waals surface area (Å²) in [6, 6.07) is 4.64. The third-order valence-electron chi connectivity index (χ3n) is 3.72. The molecule has 20 heavy (non-hydrogen) atoms. The van der Waals surface area contributed by atoms with Gasteiger partial charge in [-0.15, -0.1) is 11.6 Å². The lowest BCUT2D eigenvalue weighted by molar-refractivity contribution is 0.311. The van der Waals surface area contributed by atoms with Crippen molar-refractivity contribution in [2.24, 2.45) is 0 Å². The summed E-state index contributed by atoms with van der Waals surface area (Å²) in [4.78, 5) is 12.4. The van der Waals surface area contributed by atoms with E-state index in [4.69, 9.17) is 11.6 Å². The number of alkyl halides is 1. The van der Waals surface area contributed by atoms with E-state index in [9.17, 15) is 4.39 Å². The number of benzene rings is 1. The van der Waals surface area contributed by atoms with Crippen molar-refractivity contribution in [3.05, 3.63) is 24.0 Å². The molecule has 108 valence electrons. The Labute approximate surface area is 122 Å². The molecule has 0 aliphatic carbocycles. The van der Waals surface area contributed by atoms with Crippen molar-refractivity contribution < 1.29 is 4.39 Å². The van der Waals surface area contributed by atoms with Crippen LogP contribution in [0.25, 0.3) is 11.0 Å². The third-order valence-corrected chi connectivity index (χ3v) is 3.89. The maximum Gasteiger partial charge on any atom is 0.203 e. The average molecular weight is 297 g/mol. The predicted molar refractivity (Wildman–Crippen MR) is 80.0 cm³/mol. The predicted octanol–water partition coefficient (Wildman–Crippen LogP) is 2.45. The van der Waals surface area contributed by atoms with Gasteiger partial charge in [0.05, 0.1) is 11.0 Å². The van der Waals surface area contributed by atoms with Gasteiger partial charge in [0, 0.05) is 32.1 Å². The molecule has 4 nitrogen and oxygen atoms in total. The first-order valence-corrected chi connectivity index (χ1v) is 7.48. The number of nitrogens with one attached hydrogen (secondary N) is 1. The van der Waals surface area contributed by atoms with Crippen molar-refractivity contribution in [1.29, 1.82) is 0 Å². The Bertz CT molecular complexity index is 586. The molecule has 1 aromatic heterocycles. The lowest BCUT2D eigenvalue weighted by atomic mass is 10.3. The lowest BCUT2D eigenvalue weighted by Crippen LogP contribution is -2.32. The molecule has 1 aliphatic heterocycles. The molecule has 0 spiro atoms. The van der Waals surface area contributed by atoms with Crippen molar-refractivity contribution in [3.63, 3.8) is 0 Å². The van der Waals surface area contributed by atoms with Gasteiger partial charge in [0.15, 0.2) is 0 Å². The maximum atomic E-state index is 13.2. The van der Waals surface area contributed by atoms with Crippen LogP contribution in [0.2, 0.25) is 0 Å². The number of hydrogen-bond donors (Lipinski definition) is 1. The first-order chi connectivity index (χ1) is 9.76. The van der Waals surface area contributed by atoms with Crippen LogP contribution < -0.4 is 4.90 Å². The molecular formula is C14H18ClFN4. The number of aromatic nitrogens is 2. The number of aromatic amines is 1. The standard InChI is InChI=1S/C14H18ClFN4/c15-4-7-19-5-1-6-20(9-8-19)14-17-12-3-2-11(16)10-13(12)18-14/h2-3,10H,1,4-9H2,(H,17,18). The van der Waals surface area contributed by atoms with Gasteiger partial charge in [0.1, 0.15) is 5.82 Å². The monoisotopic (exact) mass is 296 g/mol. The summed E-state index contributed by atoms with van der Waals surface area (Å²) < 4.78 is 13.2. The van der Waals surface area contributed by atoms with Crippen LogP contribution in [0.1, 0.15) is 6.42 Å². The molecule has 0 radical (unpaired) electrons. The van der Waals surface area contributed by atoms with Gasteiger partial charge in [-0.2, -0.15) is 0 Å². The third kappa shape index (κ3) is 2.88. The minimum absolute atomic E-state index is 0.239. The van der Waals surface area contributed by atoms with Gasteiger partial charge in [-0.3, -0.25) is 0 Å². The maximum absolute atomic E-state index is 13.2. The molecule has 0 unspecified atom stereocenters. The van der Waals surface area contributed by atoms with E-state index in [-0.39, 0.29) is 5.82 Å². The number of anilines is 1. The zero-order chi connectivity index (χ0) is 13.9. The van der Waals surface area contributed by atoms with Gasteiger partial charge in [0.25, 0.3) is 0 Å². The Morgan fingerprint density at radius 2 is 2.15 bits per heavy atom. The summed E-state index contributed by atoms with van der Waals surface area (Å²) in [7, 11) is 0. The van der Waals surface area contributed by atoms with Gasteiger partial charge < -0.3 is 14.8 Å². The van der Waals surface area contributed by atoms with Gasteiger partial charge >= 0.3 is 0 Å². The van der Waals surface area contributed by atoms with Gasteiger partial charge in [0.2, 0.25) is 5.95 Å². The van der Waals surface area contributed by atoms with Crippen LogP contribution in [-0.2, 0) is 0 Å². The average Bonchev–Trinajstić information content (AvgIpc) is 2.70. The van der Waals surface area contributed by atoms with Gasteiger partial charge in [-0.1, -0.05) is 0 Å². The van der Waals surface area contributed by atoms with Crippen LogP contribution in [0.4, 0.5) is 10.3 Å². The first kappa shape index (κ1) is 13.6. The number of rotatable bonds is 3. The highest BCUT2D eigenvalue weighted by molar-refractivity contribution is 6.18. The fourth-order valence-corrected chi connectivity index (χ4v) is 2.88. The zero-order valence-corrected chi connectivity index (χ0v) is 12.0. The minimum Gasteiger partial charge on any atom is -0.341 e. The summed E-state index contributed by atoms with van der Waals surface area (Å²) in [6.45, 7) is 4.86. The molecule has 0 saturated carbocycles. The SMILES string of the molecule is Fc1ccc2nc(N3CCCN(CCCl)CC3)[nH]c2c1. The highest BCUT2D eigenvalue weighted by Crippen LogP contribution is 2.19. The summed E-state index contributed by atoms with van der Waals surface area (Å²) in [5, 5.41) is 0. The molecule has 0 amide bonds. The fourth-order valence-electron chi connectivity index (χ4n) is 2.64. The second-order valence-electron chi connectivity index (χ2n) is 5.09. The van der Waals surface area contributed by atoms with E-state index in [1.54, 1.807) is 6.07 Å². The molecule has 1 fully saturated rings. The Morgan fingerprint density at radius 1 is 1.25 bits per heavy atom. The minimum atomic E-state index is -0.239. The number of hydrogen-bond acceptors (Lipinski definition) is 3. The van der Waals surface area contributed by atoms with E-state index < -0.39 is 0 Å². The summed E-state index contributed by atoms with van der Waals surface area (Å²) in [5.74, 6) is 1.26. The first-order valence-electron chi connectivity index (χ1n) is 6.95. The molecule has 1 aromatic carbocycles. The van der Waals surface area contributed by atoms with Gasteiger partial charge in [-0.25, -0.2) is 9.37 Å². The quantitative estimate of drug-likeness (QED) is 0.884. The molecule has 0 bridgehead atoms. The Balaban J connectivity index is 1.77. The van der Waals surface area contributed by atoms with Crippen LogP contribution in [0, 0.1) is 5.82 Å². The molecule has 2 aromatic rings. The summed E-state index contributed by atoms with van der Waals surface area (Å²) in [6.07, 6.45) is 1.09. The van der Waals surface area contributed by atoms with Gasteiger partial charge in [-0.05, 0) is 31.2 Å².